The summed E-state index contributed by atoms with van der Waals surface area (Å²) in [7, 11) is 0. The molecule has 2 aromatic carbocycles. The van der Waals surface area contributed by atoms with Gasteiger partial charge < -0.3 is 20.1 Å². The van der Waals surface area contributed by atoms with Gasteiger partial charge in [-0.1, -0.05) is 12.1 Å². The van der Waals surface area contributed by atoms with Gasteiger partial charge in [0.2, 0.25) is 0 Å². The van der Waals surface area contributed by atoms with Gasteiger partial charge >= 0.3 is 0 Å². The first-order valence-corrected chi connectivity index (χ1v) is 11.4. The van der Waals surface area contributed by atoms with Gasteiger partial charge in [0.05, 0.1) is 0 Å². The summed E-state index contributed by atoms with van der Waals surface area (Å²) in [5, 5.41) is 6.86. The second kappa shape index (κ2) is 11.4. The molecule has 2 heterocycles. The van der Waals surface area contributed by atoms with E-state index in [0.29, 0.717) is 12.1 Å². The van der Waals surface area contributed by atoms with Gasteiger partial charge in [-0.3, -0.25) is 0 Å². The molecule has 0 radical (unpaired) electrons. The third-order valence-electron chi connectivity index (χ3n) is 5.62. The highest BCUT2D eigenvalue weighted by Crippen LogP contribution is 2.18. The van der Waals surface area contributed by atoms with Gasteiger partial charge in [-0.05, 0) is 113 Å². The molecule has 2 atom stereocenters. The molecular weight excluding hydrogens is 372 g/mol. The first-order chi connectivity index (χ1) is 14.5. The zero-order valence-corrected chi connectivity index (χ0v) is 19.1. The molecular formula is C26H38N2O2. The number of hydrogen-bond acceptors (Lipinski definition) is 4. The van der Waals surface area contributed by atoms with Crippen molar-refractivity contribution in [3.63, 3.8) is 0 Å². The van der Waals surface area contributed by atoms with Crippen LogP contribution in [0, 0.1) is 27.7 Å². The van der Waals surface area contributed by atoms with Crippen molar-refractivity contribution in [2.75, 3.05) is 26.3 Å². The Morgan fingerprint density at radius 3 is 1.30 bits per heavy atom. The van der Waals surface area contributed by atoms with Crippen LogP contribution >= 0.6 is 0 Å². The summed E-state index contributed by atoms with van der Waals surface area (Å²) in [5.41, 5.74) is 5.07. The summed E-state index contributed by atoms with van der Waals surface area (Å²) in [4.78, 5) is 0. The Morgan fingerprint density at radius 1 is 0.633 bits per heavy atom. The lowest BCUT2D eigenvalue weighted by Crippen LogP contribution is -2.28. The molecule has 0 saturated carbocycles. The fraction of sp³-hybridized carbons (Fsp3) is 0.538. The maximum atomic E-state index is 5.79. The predicted octanol–water partition coefficient (Wildman–Crippen LogP) is 4.87. The largest absolute Gasteiger partial charge is 0.492 e. The van der Waals surface area contributed by atoms with E-state index in [-0.39, 0.29) is 0 Å². The van der Waals surface area contributed by atoms with E-state index in [2.05, 4.69) is 74.7 Å². The second-order valence-electron chi connectivity index (χ2n) is 8.86. The van der Waals surface area contributed by atoms with E-state index in [9.17, 15) is 0 Å². The lowest BCUT2D eigenvalue weighted by atomic mass is 10.1. The molecule has 0 bridgehead atoms. The summed E-state index contributed by atoms with van der Waals surface area (Å²) in [5.74, 6) is 2.00. The van der Waals surface area contributed by atoms with E-state index < -0.39 is 0 Å². The predicted molar refractivity (Wildman–Crippen MR) is 125 cm³/mol. The van der Waals surface area contributed by atoms with E-state index in [0.717, 1.165) is 37.8 Å². The number of rotatable bonds is 6. The lowest BCUT2D eigenvalue weighted by Gasteiger charge is -2.13. The van der Waals surface area contributed by atoms with Crippen molar-refractivity contribution >= 4 is 0 Å². The maximum Gasteiger partial charge on any atom is 0.119 e. The zero-order chi connectivity index (χ0) is 21.3. The molecule has 4 nitrogen and oxygen atoms in total. The third kappa shape index (κ3) is 7.66. The van der Waals surface area contributed by atoms with E-state index >= 15 is 0 Å². The van der Waals surface area contributed by atoms with Gasteiger partial charge in [0.15, 0.2) is 0 Å². The SMILES string of the molecule is Cc1cc(C)cc(OCC2CCCN2)c1.Cc1cc(C)cc(OC[C@@H]2CCCN2)c1. The fourth-order valence-electron chi connectivity index (χ4n) is 4.22. The van der Waals surface area contributed by atoms with Crippen molar-refractivity contribution in [3.8, 4) is 11.5 Å². The van der Waals surface area contributed by atoms with Gasteiger partial charge in [-0.15, -0.1) is 0 Å². The molecule has 4 rings (SSSR count). The van der Waals surface area contributed by atoms with Crippen LogP contribution in [0.2, 0.25) is 0 Å². The Kier molecular flexibility index (Phi) is 8.59. The van der Waals surface area contributed by atoms with Crippen molar-refractivity contribution in [2.45, 2.75) is 65.5 Å². The normalized spacial score (nSPS) is 20.5. The number of aryl methyl sites for hydroxylation is 4. The topological polar surface area (TPSA) is 42.5 Å². The molecule has 2 aliphatic rings. The van der Waals surface area contributed by atoms with Crippen molar-refractivity contribution in [1.82, 2.24) is 10.6 Å². The molecule has 0 spiro atoms. The van der Waals surface area contributed by atoms with Crippen molar-refractivity contribution in [1.29, 1.82) is 0 Å². The van der Waals surface area contributed by atoms with Crippen LogP contribution in [0.1, 0.15) is 47.9 Å². The Hall–Kier alpha value is -2.04. The van der Waals surface area contributed by atoms with Crippen LogP contribution in [-0.2, 0) is 0 Å². The molecule has 2 aliphatic heterocycles. The van der Waals surface area contributed by atoms with Crippen LogP contribution in [0.4, 0.5) is 0 Å². The fourth-order valence-corrected chi connectivity index (χ4v) is 4.22. The molecule has 2 fully saturated rings. The van der Waals surface area contributed by atoms with Gasteiger partial charge in [0.25, 0.3) is 0 Å². The van der Waals surface area contributed by atoms with Gasteiger partial charge in [0.1, 0.15) is 24.7 Å². The average molecular weight is 411 g/mol. The van der Waals surface area contributed by atoms with Gasteiger partial charge in [-0.2, -0.15) is 0 Å². The standard InChI is InChI=1S/2C13H19NO/c2*1-10-6-11(2)8-13(7-10)15-9-12-4-3-5-14-12/h2*6-8,12,14H,3-5,9H2,1-2H3/t12-;/m0./s1. The summed E-state index contributed by atoms with van der Waals surface area (Å²) in [6.45, 7) is 12.3. The quantitative estimate of drug-likeness (QED) is 0.713. The minimum Gasteiger partial charge on any atom is -0.492 e. The summed E-state index contributed by atoms with van der Waals surface area (Å²) in [6, 6.07) is 13.8. The number of hydrogen-bond donors (Lipinski definition) is 2. The molecule has 164 valence electrons. The minimum absolute atomic E-state index is 0.547. The molecule has 2 saturated heterocycles. The third-order valence-corrected chi connectivity index (χ3v) is 5.62. The Bertz CT molecular complexity index is 686. The van der Waals surface area contributed by atoms with Crippen molar-refractivity contribution in [2.24, 2.45) is 0 Å². The van der Waals surface area contributed by atoms with Crippen LogP contribution in [0.5, 0.6) is 11.5 Å². The molecule has 1 unspecified atom stereocenters. The number of nitrogens with one attached hydrogen (secondary N) is 2. The average Bonchev–Trinajstić information content (AvgIpc) is 3.38. The van der Waals surface area contributed by atoms with Crippen LogP contribution in [0.3, 0.4) is 0 Å². The second-order valence-corrected chi connectivity index (χ2v) is 8.86. The number of benzene rings is 2. The molecule has 4 heteroatoms. The molecule has 0 amide bonds. The summed E-state index contributed by atoms with van der Waals surface area (Å²) in [6.07, 6.45) is 5.04. The van der Waals surface area contributed by atoms with E-state index in [1.54, 1.807) is 0 Å². The molecule has 0 aliphatic carbocycles. The lowest BCUT2D eigenvalue weighted by molar-refractivity contribution is 0.277. The van der Waals surface area contributed by atoms with Crippen molar-refractivity contribution < 1.29 is 9.47 Å². The smallest absolute Gasteiger partial charge is 0.119 e. The minimum atomic E-state index is 0.547. The highest BCUT2D eigenvalue weighted by Gasteiger charge is 2.15. The summed E-state index contributed by atoms with van der Waals surface area (Å²) < 4.78 is 11.6. The molecule has 2 N–H and O–H groups in total. The number of ether oxygens (including phenoxy) is 2. The van der Waals surface area contributed by atoms with E-state index in [4.69, 9.17) is 9.47 Å². The molecule has 0 aromatic heterocycles. The highest BCUT2D eigenvalue weighted by atomic mass is 16.5. The first-order valence-electron chi connectivity index (χ1n) is 11.4. The van der Waals surface area contributed by atoms with Gasteiger partial charge in [0, 0.05) is 12.1 Å². The Balaban J connectivity index is 0.000000171. The summed E-state index contributed by atoms with van der Waals surface area (Å²) >= 11 is 0. The molecule has 30 heavy (non-hydrogen) atoms. The van der Waals surface area contributed by atoms with Crippen LogP contribution < -0.4 is 20.1 Å². The van der Waals surface area contributed by atoms with Crippen LogP contribution in [0.25, 0.3) is 0 Å². The maximum absolute atomic E-state index is 5.79. The van der Waals surface area contributed by atoms with E-state index in [1.807, 2.05) is 0 Å². The van der Waals surface area contributed by atoms with Gasteiger partial charge in [-0.25, -0.2) is 0 Å². The Morgan fingerprint density at radius 2 is 1.00 bits per heavy atom. The highest BCUT2D eigenvalue weighted by molar-refractivity contribution is 5.33. The molecule has 2 aromatic rings. The van der Waals surface area contributed by atoms with Crippen LogP contribution in [0.15, 0.2) is 36.4 Å². The first kappa shape index (κ1) is 22.6. The van der Waals surface area contributed by atoms with Crippen molar-refractivity contribution in [3.05, 3.63) is 58.7 Å². The zero-order valence-electron chi connectivity index (χ0n) is 19.1. The monoisotopic (exact) mass is 410 g/mol. The Labute approximate surface area is 182 Å². The van der Waals surface area contributed by atoms with Crippen LogP contribution in [-0.4, -0.2) is 38.4 Å². The van der Waals surface area contributed by atoms with E-state index in [1.165, 1.54) is 47.9 Å².